The number of hydrogen-bond donors (Lipinski definition) is 1. The van der Waals surface area contributed by atoms with Gasteiger partial charge >= 0.3 is 0 Å². The summed E-state index contributed by atoms with van der Waals surface area (Å²) in [5, 5.41) is 3.61. The van der Waals surface area contributed by atoms with Crippen molar-refractivity contribution in [3.63, 3.8) is 0 Å². The molecule has 0 spiro atoms. The van der Waals surface area contributed by atoms with E-state index in [1.54, 1.807) is 0 Å². The van der Waals surface area contributed by atoms with Crippen molar-refractivity contribution in [3.8, 4) is 0 Å². The third-order valence-electron chi connectivity index (χ3n) is 5.22. The third kappa shape index (κ3) is 1.91. The molecule has 1 saturated heterocycles. The van der Waals surface area contributed by atoms with Crippen LogP contribution in [0.4, 0.5) is 5.69 Å². The maximum absolute atomic E-state index is 6.11. The number of anilines is 1. The summed E-state index contributed by atoms with van der Waals surface area (Å²) in [5.41, 5.74) is 3.61. The molecule has 2 heteroatoms. The lowest BCUT2D eigenvalue weighted by Crippen LogP contribution is -2.46. The SMILES string of the molecule is C[C@@]12Nc3ccccc3[C@]1(C/C=C/c1ccccc1)CCO2. The average Bonchev–Trinajstić information content (AvgIpc) is 2.97. The fourth-order valence-electron chi connectivity index (χ4n) is 3.99. The van der Waals surface area contributed by atoms with Gasteiger partial charge in [-0.25, -0.2) is 0 Å². The first-order valence-electron chi connectivity index (χ1n) is 7.97. The average molecular weight is 291 g/mol. The second-order valence-electron chi connectivity index (χ2n) is 6.40. The Morgan fingerprint density at radius 3 is 2.73 bits per heavy atom. The minimum atomic E-state index is -0.294. The predicted molar refractivity (Wildman–Crippen MR) is 90.8 cm³/mol. The maximum Gasteiger partial charge on any atom is 0.146 e. The van der Waals surface area contributed by atoms with E-state index in [0.717, 1.165) is 19.4 Å². The van der Waals surface area contributed by atoms with E-state index >= 15 is 0 Å². The van der Waals surface area contributed by atoms with Gasteiger partial charge in [0.15, 0.2) is 0 Å². The summed E-state index contributed by atoms with van der Waals surface area (Å²) >= 11 is 0. The molecule has 0 radical (unpaired) electrons. The van der Waals surface area contributed by atoms with Crippen LogP contribution in [0.1, 0.15) is 30.9 Å². The molecule has 0 aromatic heterocycles. The zero-order valence-corrected chi connectivity index (χ0v) is 12.9. The number of nitrogens with one attached hydrogen (secondary N) is 1. The highest BCUT2D eigenvalue weighted by Crippen LogP contribution is 2.55. The summed E-state index contributed by atoms with van der Waals surface area (Å²) in [6.45, 7) is 3.01. The lowest BCUT2D eigenvalue weighted by atomic mass is 9.71. The Morgan fingerprint density at radius 1 is 1.09 bits per heavy atom. The van der Waals surface area contributed by atoms with Crippen LogP contribution in [-0.2, 0) is 10.2 Å². The zero-order valence-electron chi connectivity index (χ0n) is 12.9. The van der Waals surface area contributed by atoms with E-state index in [9.17, 15) is 0 Å². The minimum absolute atomic E-state index is 0.0366. The molecule has 0 bridgehead atoms. The predicted octanol–water partition coefficient (Wildman–Crippen LogP) is 4.59. The lowest BCUT2D eigenvalue weighted by molar-refractivity contribution is 0.0141. The Hall–Kier alpha value is -2.06. The Balaban J connectivity index is 1.67. The Kier molecular flexibility index (Phi) is 3.08. The van der Waals surface area contributed by atoms with Gasteiger partial charge < -0.3 is 10.1 Å². The van der Waals surface area contributed by atoms with Gasteiger partial charge in [-0.3, -0.25) is 0 Å². The molecule has 22 heavy (non-hydrogen) atoms. The van der Waals surface area contributed by atoms with Crippen molar-refractivity contribution in [3.05, 3.63) is 71.8 Å². The molecule has 2 aliphatic rings. The molecule has 1 N–H and O–H groups in total. The normalized spacial score (nSPS) is 29.3. The van der Waals surface area contributed by atoms with Crippen LogP contribution in [-0.4, -0.2) is 12.3 Å². The third-order valence-corrected chi connectivity index (χ3v) is 5.22. The number of rotatable bonds is 3. The molecule has 2 atom stereocenters. The fourth-order valence-corrected chi connectivity index (χ4v) is 3.99. The van der Waals surface area contributed by atoms with Gasteiger partial charge in [0, 0.05) is 5.69 Å². The van der Waals surface area contributed by atoms with Crippen LogP contribution in [0.25, 0.3) is 6.08 Å². The van der Waals surface area contributed by atoms with Crippen LogP contribution >= 0.6 is 0 Å². The molecule has 2 aliphatic heterocycles. The molecule has 2 aromatic carbocycles. The molecule has 2 aromatic rings. The molecule has 2 nitrogen and oxygen atoms in total. The molecular formula is C20H21NO. The number of allylic oxidation sites excluding steroid dienone is 1. The monoisotopic (exact) mass is 291 g/mol. The fraction of sp³-hybridized carbons (Fsp3) is 0.300. The van der Waals surface area contributed by atoms with Crippen molar-refractivity contribution in [1.82, 2.24) is 0 Å². The van der Waals surface area contributed by atoms with Gasteiger partial charge in [0.25, 0.3) is 0 Å². The van der Waals surface area contributed by atoms with Crippen LogP contribution in [0.3, 0.4) is 0 Å². The highest BCUT2D eigenvalue weighted by atomic mass is 16.5. The summed E-state index contributed by atoms with van der Waals surface area (Å²) in [5.74, 6) is 0. The first kappa shape index (κ1) is 13.6. The van der Waals surface area contributed by atoms with Gasteiger partial charge in [-0.2, -0.15) is 0 Å². The van der Waals surface area contributed by atoms with Crippen LogP contribution in [0, 0.1) is 0 Å². The molecule has 2 heterocycles. The Morgan fingerprint density at radius 2 is 1.86 bits per heavy atom. The van der Waals surface area contributed by atoms with Crippen LogP contribution < -0.4 is 5.32 Å². The first-order chi connectivity index (χ1) is 10.7. The van der Waals surface area contributed by atoms with Gasteiger partial charge in [0.05, 0.1) is 12.0 Å². The van der Waals surface area contributed by atoms with Crippen molar-refractivity contribution in [2.45, 2.75) is 30.9 Å². The highest BCUT2D eigenvalue weighted by Gasteiger charge is 2.58. The Bertz CT molecular complexity index is 709. The molecule has 112 valence electrons. The second-order valence-corrected chi connectivity index (χ2v) is 6.40. The number of hydrogen-bond acceptors (Lipinski definition) is 2. The zero-order chi connectivity index (χ0) is 15.0. The van der Waals surface area contributed by atoms with Gasteiger partial charge in [-0.1, -0.05) is 60.7 Å². The molecule has 4 rings (SSSR count). The van der Waals surface area contributed by atoms with Crippen LogP contribution in [0.2, 0.25) is 0 Å². The summed E-state index contributed by atoms with van der Waals surface area (Å²) in [6.07, 6.45) is 6.56. The number of benzene rings is 2. The van der Waals surface area contributed by atoms with E-state index < -0.39 is 0 Å². The molecular weight excluding hydrogens is 270 g/mol. The van der Waals surface area contributed by atoms with E-state index in [1.165, 1.54) is 16.8 Å². The maximum atomic E-state index is 6.11. The molecule has 0 amide bonds. The highest BCUT2D eigenvalue weighted by molar-refractivity contribution is 5.64. The summed E-state index contributed by atoms with van der Waals surface area (Å²) in [6, 6.07) is 19.1. The smallest absolute Gasteiger partial charge is 0.146 e. The van der Waals surface area contributed by atoms with E-state index in [4.69, 9.17) is 4.74 Å². The van der Waals surface area contributed by atoms with Crippen LogP contribution in [0.15, 0.2) is 60.7 Å². The number of fused-ring (bicyclic) bond motifs is 3. The molecule has 0 saturated carbocycles. The summed E-state index contributed by atoms with van der Waals surface area (Å²) < 4.78 is 6.11. The van der Waals surface area contributed by atoms with Crippen LogP contribution in [0.5, 0.6) is 0 Å². The summed E-state index contributed by atoms with van der Waals surface area (Å²) in [4.78, 5) is 0. The van der Waals surface area contributed by atoms with E-state index in [0.29, 0.717) is 0 Å². The number of ether oxygens (including phenoxy) is 1. The Labute approximate surface area is 131 Å². The first-order valence-corrected chi connectivity index (χ1v) is 7.97. The number of para-hydroxylation sites is 1. The van der Waals surface area contributed by atoms with Crippen molar-refractivity contribution < 1.29 is 4.74 Å². The second kappa shape index (κ2) is 4.99. The largest absolute Gasteiger partial charge is 0.357 e. The van der Waals surface area contributed by atoms with E-state index in [2.05, 4.69) is 79.0 Å². The summed E-state index contributed by atoms with van der Waals surface area (Å²) in [7, 11) is 0. The van der Waals surface area contributed by atoms with Gasteiger partial charge in [0.1, 0.15) is 5.72 Å². The topological polar surface area (TPSA) is 21.3 Å². The molecule has 0 unspecified atom stereocenters. The van der Waals surface area contributed by atoms with Gasteiger partial charge in [-0.15, -0.1) is 0 Å². The standard InChI is InChI=1S/C20H21NO/c1-19-20(14-15-22-19,17-11-5-6-12-18(17)21-19)13-7-10-16-8-3-2-4-9-16/h2-12,21H,13-15H2,1H3/b10-7+/t19-,20-/m0/s1. The lowest BCUT2D eigenvalue weighted by Gasteiger charge is -2.36. The minimum Gasteiger partial charge on any atom is -0.357 e. The van der Waals surface area contributed by atoms with E-state index in [1.807, 2.05) is 0 Å². The van der Waals surface area contributed by atoms with Crippen molar-refractivity contribution >= 4 is 11.8 Å². The van der Waals surface area contributed by atoms with E-state index in [-0.39, 0.29) is 11.1 Å². The molecule has 0 aliphatic carbocycles. The quantitative estimate of drug-likeness (QED) is 0.893. The van der Waals surface area contributed by atoms with Gasteiger partial charge in [0.2, 0.25) is 0 Å². The van der Waals surface area contributed by atoms with Gasteiger partial charge in [-0.05, 0) is 37.0 Å². The van der Waals surface area contributed by atoms with Crippen molar-refractivity contribution in [1.29, 1.82) is 0 Å². The van der Waals surface area contributed by atoms with Crippen molar-refractivity contribution in [2.24, 2.45) is 0 Å². The van der Waals surface area contributed by atoms with Crippen molar-refractivity contribution in [2.75, 3.05) is 11.9 Å². The molecule has 1 fully saturated rings.